The molecule has 0 aliphatic rings. The Kier molecular flexibility index (Phi) is 5.66. The summed E-state index contributed by atoms with van der Waals surface area (Å²) < 4.78 is 6.57. The monoisotopic (exact) mass is 454 g/mol. The summed E-state index contributed by atoms with van der Waals surface area (Å²) in [5.41, 5.74) is 2.95. The van der Waals surface area contributed by atoms with Gasteiger partial charge >= 0.3 is 0 Å². The van der Waals surface area contributed by atoms with Crippen LogP contribution < -0.4 is 10.1 Å². The molecule has 3 nitrogen and oxygen atoms in total. The third kappa shape index (κ3) is 3.70. The Morgan fingerprint density at radius 3 is 2.75 bits per heavy atom. The Morgan fingerprint density at radius 1 is 1.17 bits per heavy atom. The zero-order chi connectivity index (χ0) is 17.1. The number of halogens is 2. The second-order valence-corrected chi connectivity index (χ2v) is 7.42. The van der Waals surface area contributed by atoms with Gasteiger partial charge < -0.3 is 10.1 Å². The van der Waals surface area contributed by atoms with Gasteiger partial charge in [-0.15, -0.1) is 0 Å². The summed E-state index contributed by atoms with van der Waals surface area (Å²) >= 11 is 8.59. The first-order valence-electron chi connectivity index (χ1n) is 8.02. The summed E-state index contributed by atoms with van der Waals surface area (Å²) in [7, 11) is 1.69. The second-order valence-electron chi connectivity index (χ2n) is 5.91. The first-order valence-corrected chi connectivity index (χ1v) is 9.92. The molecule has 1 atom stereocenters. The number of hydrogen-bond donors (Lipinski definition) is 1. The number of nitrogens with zero attached hydrogens (tertiary/aromatic N) is 1. The van der Waals surface area contributed by atoms with Crippen molar-refractivity contribution in [2.24, 2.45) is 0 Å². The molecule has 0 spiro atoms. The van der Waals surface area contributed by atoms with Crippen LogP contribution in [0.1, 0.15) is 19.8 Å². The Balaban J connectivity index is 2.18. The van der Waals surface area contributed by atoms with Crippen LogP contribution in [0.3, 0.4) is 0 Å². The Morgan fingerprint density at radius 2 is 2.00 bits per heavy atom. The van der Waals surface area contributed by atoms with E-state index >= 15 is 0 Å². The molecule has 3 rings (SSSR count). The summed E-state index contributed by atoms with van der Waals surface area (Å²) in [6.07, 6.45) is 2.33. The summed E-state index contributed by atoms with van der Waals surface area (Å²) in [5.74, 6) is 0.834. The summed E-state index contributed by atoms with van der Waals surface area (Å²) in [6, 6.07) is 12.2. The highest BCUT2D eigenvalue weighted by Crippen LogP contribution is 2.34. The fourth-order valence-corrected chi connectivity index (χ4v) is 3.49. The van der Waals surface area contributed by atoms with Crippen LogP contribution in [0.15, 0.2) is 36.4 Å². The molecule has 0 fully saturated rings. The predicted molar refractivity (Wildman–Crippen MR) is 112 cm³/mol. The average Bonchev–Trinajstić information content (AvgIpc) is 2.59. The number of nitrogens with one attached hydrogen (secondary N) is 1. The molecule has 1 unspecified atom stereocenters. The zero-order valence-electron chi connectivity index (χ0n) is 13.8. The van der Waals surface area contributed by atoms with Crippen molar-refractivity contribution >= 4 is 61.7 Å². The number of aromatic nitrogens is 1. The standard InChI is InChI=1S/C19H20ClIN2O/c1-12(4-3-9-21)22-19-15-7-5-13(20)10-18(15)23-17-8-6-14(24-2)11-16(17)19/h5-8,10-12H,3-4,9H2,1-2H3,(H,22,23). The fourth-order valence-electron chi connectivity index (χ4n) is 2.88. The minimum absolute atomic E-state index is 0.385. The van der Waals surface area contributed by atoms with E-state index in [0.29, 0.717) is 11.1 Å². The third-order valence-corrected chi connectivity index (χ3v) is 5.10. The lowest BCUT2D eigenvalue weighted by molar-refractivity contribution is 0.415. The highest BCUT2D eigenvalue weighted by Gasteiger charge is 2.13. The maximum absolute atomic E-state index is 6.16. The number of anilines is 1. The van der Waals surface area contributed by atoms with Crippen molar-refractivity contribution in [2.75, 3.05) is 16.9 Å². The number of rotatable bonds is 6. The van der Waals surface area contributed by atoms with E-state index in [4.69, 9.17) is 21.3 Å². The van der Waals surface area contributed by atoms with E-state index in [-0.39, 0.29) is 0 Å². The van der Waals surface area contributed by atoms with Crippen molar-refractivity contribution in [2.45, 2.75) is 25.8 Å². The molecule has 24 heavy (non-hydrogen) atoms. The quantitative estimate of drug-likeness (QED) is 0.279. The lowest BCUT2D eigenvalue weighted by Crippen LogP contribution is -2.15. The Bertz CT molecular complexity index is 869. The normalized spacial score (nSPS) is 12.5. The predicted octanol–water partition coefficient (Wildman–Crippen LogP) is 6.07. The minimum Gasteiger partial charge on any atom is -0.497 e. The maximum atomic E-state index is 6.16. The van der Waals surface area contributed by atoms with Gasteiger partial charge in [-0.2, -0.15) is 0 Å². The highest BCUT2D eigenvalue weighted by molar-refractivity contribution is 14.1. The van der Waals surface area contributed by atoms with Crippen LogP contribution in [-0.2, 0) is 0 Å². The molecule has 0 bridgehead atoms. The van der Waals surface area contributed by atoms with Gasteiger partial charge in [-0.05, 0) is 60.6 Å². The van der Waals surface area contributed by atoms with E-state index in [1.165, 1.54) is 10.8 Å². The number of pyridine rings is 1. The van der Waals surface area contributed by atoms with Crippen LogP contribution in [-0.4, -0.2) is 22.6 Å². The van der Waals surface area contributed by atoms with Gasteiger partial charge in [0.25, 0.3) is 0 Å². The van der Waals surface area contributed by atoms with Crippen molar-refractivity contribution in [3.63, 3.8) is 0 Å². The second kappa shape index (κ2) is 7.74. The average molecular weight is 455 g/mol. The van der Waals surface area contributed by atoms with Crippen molar-refractivity contribution in [1.82, 2.24) is 4.98 Å². The van der Waals surface area contributed by atoms with Gasteiger partial charge in [-0.25, -0.2) is 4.98 Å². The molecule has 0 amide bonds. The summed E-state index contributed by atoms with van der Waals surface area (Å²) in [4.78, 5) is 4.76. The lowest BCUT2D eigenvalue weighted by Gasteiger charge is -2.19. The molecule has 1 heterocycles. The molecule has 1 N–H and O–H groups in total. The molecular weight excluding hydrogens is 435 g/mol. The van der Waals surface area contributed by atoms with Gasteiger partial charge in [0, 0.05) is 21.8 Å². The van der Waals surface area contributed by atoms with Crippen LogP contribution in [0.25, 0.3) is 21.8 Å². The first-order chi connectivity index (χ1) is 11.6. The van der Waals surface area contributed by atoms with E-state index in [1.807, 2.05) is 36.4 Å². The molecular formula is C19H20ClIN2O. The van der Waals surface area contributed by atoms with E-state index in [1.54, 1.807) is 7.11 Å². The smallest absolute Gasteiger partial charge is 0.119 e. The Labute approximate surface area is 160 Å². The molecule has 0 aliphatic heterocycles. The van der Waals surface area contributed by atoms with Crippen LogP contribution >= 0.6 is 34.2 Å². The molecule has 5 heteroatoms. The minimum atomic E-state index is 0.385. The number of benzene rings is 2. The fraction of sp³-hybridized carbons (Fsp3) is 0.316. The molecule has 126 valence electrons. The van der Waals surface area contributed by atoms with Crippen molar-refractivity contribution in [3.05, 3.63) is 41.4 Å². The Hall–Kier alpha value is -1.27. The lowest BCUT2D eigenvalue weighted by atomic mass is 10.1. The molecule has 1 aromatic heterocycles. The van der Waals surface area contributed by atoms with Gasteiger partial charge in [0.2, 0.25) is 0 Å². The number of methoxy groups -OCH3 is 1. The van der Waals surface area contributed by atoms with Gasteiger partial charge in [-0.3, -0.25) is 0 Å². The summed E-state index contributed by atoms with van der Waals surface area (Å²) in [6.45, 7) is 2.22. The van der Waals surface area contributed by atoms with Gasteiger partial charge in [0.1, 0.15) is 5.75 Å². The van der Waals surface area contributed by atoms with Crippen molar-refractivity contribution in [1.29, 1.82) is 0 Å². The first kappa shape index (κ1) is 17.5. The molecule has 0 saturated heterocycles. The van der Waals surface area contributed by atoms with E-state index in [0.717, 1.165) is 39.7 Å². The molecule has 2 aromatic carbocycles. The largest absolute Gasteiger partial charge is 0.497 e. The van der Waals surface area contributed by atoms with Gasteiger partial charge in [-0.1, -0.05) is 34.2 Å². The maximum Gasteiger partial charge on any atom is 0.119 e. The molecule has 3 aromatic rings. The SMILES string of the molecule is COc1ccc2nc3cc(Cl)ccc3c(NC(C)CCCI)c2c1. The van der Waals surface area contributed by atoms with E-state index < -0.39 is 0 Å². The van der Waals surface area contributed by atoms with E-state index in [9.17, 15) is 0 Å². The molecule has 0 aliphatic carbocycles. The van der Waals surface area contributed by atoms with Crippen LogP contribution in [0, 0.1) is 0 Å². The number of hydrogen-bond acceptors (Lipinski definition) is 3. The number of fused-ring (bicyclic) bond motifs is 2. The topological polar surface area (TPSA) is 34.1 Å². The van der Waals surface area contributed by atoms with Crippen molar-refractivity contribution < 1.29 is 4.74 Å². The van der Waals surface area contributed by atoms with Crippen LogP contribution in [0.4, 0.5) is 5.69 Å². The number of ether oxygens (including phenoxy) is 1. The van der Waals surface area contributed by atoms with E-state index in [2.05, 4.69) is 34.8 Å². The number of alkyl halides is 1. The molecule has 0 radical (unpaired) electrons. The van der Waals surface area contributed by atoms with Crippen molar-refractivity contribution in [3.8, 4) is 5.75 Å². The van der Waals surface area contributed by atoms with Crippen LogP contribution in [0.5, 0.6) is 5.75 Å². The summed E-state index contributed by atoms with van der Waals surface area (Å²) in [5, 5.41) is 6.55. The third-order valence-electron chi connectivity index (χ3n) is 4.10. The zero-order valence-corrected chi connectivity index (χ0v) is 16.7. The van der Waals surface area contributed by atoms with Gasteiger partial charge in [0.05, 0.1) is 23.8 Å². The van der Waals surface area contributed by atoms with Gasteiger partial charge in [0.15, 0.2) is 0 Å². The van der Waals surface area contributed by atoms with Crippen LogP contribution in [0.2, 0.25) is 5.02 Å². The highest BCUT2D eigenvalue weighted by atomic mass is 127. The molecule has 0 saturated carbocycles.